The summed E-state index contributed by atoms with van der Waals surface area (Å²) in [5.74, 6) is 0. The van der Waals surface area contributed by atoms with Crippen molar-refractivity contribution in [2.75, 3.05) is 0 Å². The van der Waals surface area contributed by atoms with Gasteiger partial charge in [-0.3, -0.25) is 9.09 Å². The lowest BCUT2D eigenvalue weighted by molar-refractivity contribution is 0.0380. The van der Waals surface area contributed by atoms with E-state index in [4.69, 9.17) is 4.52 Å². The van der Waals surface area contributed by atoms with E-state index in [2.05, 4.69) is 26.0 Å². The van der Waals surface area contributed by atoms with Crippen molar-refractivity contribution < 1.29 is 14.0 Å². The van der Waals surface area contributed by atoms with Crippen LogP contribution in [0.5, 0.6) is 0 Å². The van der Waals surface area contributed by atoms with Crippen molar-refractivity contribution in [3.63, 3.8) is 0 Å². The molecular weight excluding hydrogens is 355 g/mol. The van der Waals surface area contributed by atoms with Gasteiger partial charge in [-0.15, -0.1) is 0 Å². The number of hydrogen-bond acceptors (Lipinski definition) is 2. The molecule has 1 aromatic carbocycles. The Morgan fingerprint density at radius 2 is 1.22 bits per heavy atom. The van der Waals surface area contributed by atoms with Gasteiger partial charge in [0.05, 0.1) is 0 Å². The predicted octanol–water partition coefficient (Wildman–Crippen LogP) is 7.78. The van der Waals surface area contributed by atoms with Gasteiger partial charge in [0.2, 0.25) is 0 Å². The minimum absolute atomic E-state index is 0.610. The minimum Gasteiger partial charge on any atom is -0.326 e. The van der Waals surface area contributed by atoms with Crippen LogP contribution in [0.3, 0.4) is 0 Å². The molecule has 0 aliphatic carbocycles. The number of benzene rings is 1. The third-order valence-corrected chi connectivity index (χ3v) is 6.02. The van der Waals surface area contributed by atoms with Crippen LogP contribution in [0.2, 0.25) is 0 Å². The molecule has 0 heterocycles. The zero-order chi connectivity index (χ0) is 19.8. The average Bonchev–Trinajstić information content (AvgIpc) is 2.67. The van der Waals surface area contributed by atoms with Crippen molar-refractivity contribution in [2.45, 2.75) is 109 Å². The van der Waals surface area contributed by atoms with E-state index in [1.165, 1.54) is 64.2 Å². The minimum atomic E-state index is -2.99. The highest BCUT2D eigenvalue weighted by molar-refractivity contribution is 7.32. The van der Waals surface area contributed by atoms with Crippen molar-refractivity contribution in [1.82, 2.24) is 0 Å². The Hall–Kier alpha value is -0.630. The monoisotopic (exact) mass is 396 g/mol. The first kappa shape index (κ1) is 24.4. The van der Waals surface area contributed by atoms with Crippen LogP contribution in [-0.4, -0.2) is 4.89 Å². The summed E-state index contributed by atoms with van der Waals surface area (Å²) in [7, 11) is -2.99. The molecule has 0 saturated carbocycles. The molecule has 1 atom stereocenters. The Balaban J connectivity index is 2.72. The van der Waals surface area contributed by atoms with Gasteiger partial charge < -0.3 is 4.89 Å². The molecule has 1 aromatic rings. The first-order valence-electron chi connectivity index (χ1n) is 11.1. The van der Waals surface area contributed by atoms with Gasteiger partial charge in [-0.1, -0.05) is 121 Å². The SMILES string of the molecule is CCCCCCCCC(CCCCCCCC)(O[PH](=O)O)c1ccccc1. The molecular formula is C23H41O3P. The highest BCUT2D eigenvalue weighted by Crippen LogP contribution is 2.43. The summed E-state index contributed by atoms with van der Waals surface area (Å²) in [5, 5.41) is 0. The molecule has 0 aliphatic heterocycles. The van der Waals surface area contributed by atoms with E-state index in [0.29, 0.717) is 0 Å². The molecule has 156 valence electrons. The Labute approximate surface area is 167 Å². The van der Waals surface area contributed by atoms with Crippen molar-refractivity contribution in [2.24, 2.45) is 0 Å². The van der Waals surface area contributed by atoms with E-state index < -0.39 is 13.9 Å². The number of unbranched alkanes of at least 4 members (excludes halogenated alkanes) is 10. The molecule has 27 heavy (non-hydrogen) atoms. The largest absolute Gasteiger partial charge is 0.326 e. The molecule has 0 aliphatic rings. The normalized spacial score (nSPS) is 13.0. The first-order chi connectivity index (χ1) is 13.1. The summed E-state index contributed by atoms with van der Waals surface area (Å²) < 4.78 is 17.5. The van der Waals surface area contributed by atoms with Gasteiger partial charge >= 0.3 is 8.25 Å². The second-order valence-electron chi connectivity index (χ2n) is 7.76. The third kappa shape index (κ3) is 10.5. The van der Waals surface area contributed by atoms with E-state index in [0.717, 1.165) is 31.2 Å². The number of rotatable bonds is 17. The Bertz CT molecular complexity index is 474. The molecule has 0 radical (unpaired) electrons. The third-order valence-electron chi connectivity index (χ3n) is 5.45. The van der Waals surface area contributed by atoms with Gasteiger partial charge in [-0.25, -0.2) is 0 Å². The quantitative estimate of drug-likeness (QED) is 0.216. The molecule has 0 saturated heterocycles. The standard InChI is InChI=1S/C23H41O3P/c1-3-5-7-9-11-16-20-23(26-27(24)25,22-18-14-13-15-19-22)21-17-12-10-8-6-4-2/h13-15,18-19,27H,3-12,16-17,20-21H2,1-2H3,(H,24,25). The summed E-state index contributed by atoms with van der Waals surface area (Å²) in [6.45, 7) is 4.46. The summed E-state index contributed by atoms with van der Waals surface area (Å²) in [6.07, 6.45) is 16.2. The molecule has 0 fully saturated rings. The first-order valence-corrected chi connectivity index (χ1v) is 12.4. The maximum atomic E-state index is 11.7. The number of hydrogen-bond donors (Lipinski definition) is 1. The molecule has 3 nitrogen and oxygen atoms in total. The summed E-state index contributed by atoms with van der Waals surface area (Å²) in [4.78, 5) is 9.62. The molecule has 0 amide bonds. The molecule has 1 N–H and O–H groups in total. The molecule has 0 bridgehead atoms. The van der Waals surface area contributed by atoms with Gasteiger partial charge in [0, 0.05) is 0 Å². The van der Waals surface area contributed by atoms with Gasteiger partial charge in [-0.2, -0.15) is 0 Å². The molecule has 4 heteroatoms. The van der Waals surface area contributed by atoms with Crippen molar-refractivity contribution in [1.29, 1.82) is 0 Å². The van der Waals surface area contributed by atoms with Crippen LogP contribution in [0, 0.1) is 0 Å². The Morgan fingerprint density at radius 1 is 0.778 bits per heavy atom. The van der Waals surface area contributed by atoms with Crippen LogP contribution >= 0.6 is 8.25 Å². The highest BCUT2D eigenvalue weighted by Gasteiger charge is 2.34. The van der Waals surface area contributed by atoms with Gasteiger partial charge in [0.15, 0.2) is 0 Å². The lowest BCUT2D eigenvalue weighted by Crippen LogP contribution is -2.27. The van der Waals surface area contributed by atoms with Gasteiger partial charge in [-0.05, 0) is 18.4 Å². The molecule has 0 aromatic heterocycles. The van der Waals surface area contributed by atoms with Gasteiger partial charge in [0.25, 0.3) is 0 Å². The van der Waals surface area contributed by atoms with Crippen LogP contribution in [-0.2, 0) is 14.7 Å². The topological polar surface area (TPSA) is 46.5 Å². The van der Waals surface area contributed by atoms with Crippen molar-refractivity contribution in [3.05, 3.63) is 35.9 Å². The van der Waals surface area contributed by atoms with E-state index in [-0.39, 0.29) is 0 Å². The smallest absolute Gasteiger partial charge is 0.317 e. The Kier molecular flexibility index (Phi) is 13.8. The fraction of sp³-hybridized carbons (Fsp3) is 0.739. The Morgan fingerprint density at radius 3 is 1.67 bits per heavy atom. The average molecular weight is 397 g/mol. The lowest BCUT2D eigenvalue weighted by Gasteiger charge is -2.33. The predicted molar refractivity (Wildman–Crippen MR) is 116 cm³/mol. The second-order valence-corrected chi connectivity index (χ2v) is 8.50. The second kappa shape index (κ2) is 15.3. The fourth-order valence-corrected chi connectivity index (χ4v) is 4.52. The van der Waals surface area contributed by atoms with Crippen LogP contribution in [0.4, 0.5) is 0 Å². The van der Waals surface area contributed by atoms with E-state index >= 15 is 0 Å². The lowest BCUT2D eigenvalue weighted by atomic mass is 9.83. The van der Waals surface area contributed by atoms with Crippen molar-refractivity contribution >= 4 is 8.25 Å². The summed E-state index contributed by atoms with van der Waals surface area (Å²) in [5.41, 5.74) is 0.446. The molecule has 1 rings (SSSR count). The zero-order valence-electron chi connectivity index (χ0n) is 17.5. The van der Waals surface area contributed by atoms with Crippen molar-refractivity contribution in [3.8, 4) is 0 Å². The van der Waals surface area contributed by atoms with Crippen LogP contribution < -0.4 is 0 Å². The summed E-state index contributed by atoms with van der Waals surface area (Å²) in [6, 6.07) is 10.1. The van der Waals surface area contributed by atoms with E-state index in [1.54, 1.807) is 0 Å². The zero-order valence-corrected chi connectivity index (χ0v) is 18.5. The fourth-order valence-electron chi connectivity index (χ4n) is 3.87. The van der Waals surface area contributed by atoms with Crippen LogP contribution in [0.25, 0.3) is 0 Å². The van der Waals surface area contributed by atoms with E-state index in [1.807, 2.05) is 18.2 Å². The maximum absolute atomic E-state index is 11.7. The van der Waals surface area contributed by atoms with Crippen LogP contribution in [0.15, 0.2) is 30.3 Å². The molecule has 1 unspecified atom stereocenters. The highest BCUT2D eigenvalue weighted by atomic mass is 31.1. The summed E-state index contributed by atoms with van der Waals surface area (Å²) >= 11 is 0. The van der Waals surface area contributed by atoms with Crippen LogP contribution in [0.1, 0.15) is 109 Å². The molecule has 0 spiro atoms. The van der Waals surface area contributed by atoms with Gasteiger partial charge in [0.1, 0.15) is 5.60 Å². The van der Waals surface area contributed by atoms with E-state index in [9.17, 15) is 9.46 Å². The maximum Gasteiger partial charge on any atom is 0.317 e.